The average Bonchev–Trinajstić information content (AvgIpc) is 2.76. The predicted octanol–water partition coefficient (Wildman–Crippen LogP) is 2.87. The maximum atomic E-state index is 5.92. The first-order valence-corrected chi connectivity index (χ1v) is 6.81. The van der Waals surface area contributed by atoms with E-state index >= 15 is 0 Å². The van der Waals surface area contributed by atoms with Gasteiger partial charge in [0.05, 0.1) is 12.7 Å². The van der Waals surface area contributed by atoms with Crippen LogP contribution in [0, 0.1) is 0 Å². The van der Waals surface area contributed by atoms with Crippen molar-refractivity contribution in [3.63, 3.8) is 0 Å². The fourth-order valence-corrected chi connectivity index (χ4v) is 2.30. The number of benzene rings is 1. The minimum Gasteiger partial charge on any atom is -0.348 e. The van der Waals surface area contributed by atoms with Gasteiger partial charge in [-0.1, -0.05) is 36.4 Å². The molecule has 1 saturated heterocycles. The van der Waals surface area contributed by atoms with E-state index in [9.17, 15) is 0 Å². The van der Waals surface area contributed by atoms with Crippen LogP contribution in [-0.2, 0) is 16.0 Å². The molecule has 0 amide bonds. The lowest BCUT2D eigenvalue weighted by atomic mass is 10.1. The average molecular weight is 261 g/mol. The van der Waals surface area contributed by atoms with Crippen LogP contribution in [0.2, 0.25) is 0 Å². The summed E-state index contributed by atoms with van der Waals surface area (Å²) >= 11 is 0. The maximum absolute atomic E-state index is 5.92. The Balaban J connectivity index is 1.91. The summed E-state index contributed by atoms with van der Waals surface area (Å²) in [6, 6.07) is 10.6. The lowest BCUT2D eigenvalue weighted by Crippen LogP contribution is -2.41. The molecule has 0 aromatic heterocycles. The zero-order valence-corrected chi connectivity index (χ0v) is 11.8. The fourth-order valence-electron chi connectivity index (χ4n) is 2.30. The molecule has 19 heavy (non-hydrogen) atoms. The first-order valence-electron chi connectivity index (χ1n) is 6.81. The quantitative estimate of drug-likeness (QED) is 0.799. The van der Waals surface area contributed by atoms with E-state index in [0.717, 1.165) is 13.0 Å². The van der Waals surface area contributed by atoms with E-state index in [0.29, 0.717) is 6.61 Å². The van der Waals surface area contributed by atoms with Gasteiger partial charge in [0, 0.05) is 12.6 Å². The highest BCUT2D eigenvalue weighted by Gasteiger charge is 2.36. The highest BCUT2D eigenvalue weighted by molar-refractivity contribution is 5.14. The van der Waals surface area contributed by atoms with Crippen LogP contribution >= 0.6 is 0 Å². The molecule has 3 heteroatoms. The van der Waals surface area contributed by atoms with Crippen molar-refractivity contribution in [2.24, 2.45) is 0 Å². The molecule has 0 spiro atoms. The van der Waals surface area contributed by atoms with E-state index in [1.165, 1.54) is 5.56 Å². The molecular weight excluding hydrogens is 238 g/mol. The van der Waals surface area contributed by atoms with Crippen LogP contribution in [0.3, 0.4) is 0 Å². The summed E-state index contributed by atoms with van der Waals surface area (Å²) < 4.78 is 11.6. The zero-order valence-electron chi connectivity index (χ0n) is 11.8. The Morgan fingerprint density at radius 1 is 1.42 bits per heavy atom. The Labute approximate surface area is 115 Å². The summed E-state index contributed by atoms with van der Waals surface area (Å²) in [6.45, 7) is 9.20. The number of ether oxygens (including phenoxy) is 2. The standard InChI is InChI=1S/C16H23NO2/c1-4-8-14(15-12-18-16(2,3)19-15)17-11-13-9-6-5-7-10-13/h4-7,9-10,14-15,17H,1,8,11-12H2,2-3H3/t14?,15-/m1/s1. The van der Waals surface area contributed by atoms with Crippen LogP contribution < -0.4 is 5.32 Å². The predicted molar refractivity (Wildman–Crippen MR) is 76.8 cm³/mol. The Bertz CT molecular complexity index is 402. The van der Waals surface area contributed by atoms with Crippen LogP contribution in [0.4, 0.5) is 0 Å². The molecule has 1 aliphatic heterocycles. The van der Waals surface area contributed by atoms with Crippen molar-refractivity contribution in [3.8, 4) is 0 Å². The van der Waals surface area contributed by atoms with Gasteiger partial charge in [-0.2, -0.15) is 0 Å². The van der Waals surface area contributed by atoms with Gasteiger partial charge in [0.2, 0.25) is 0 Å². The van der Waals surface area contributed by atoms with Gasteiger partial charge in [-0.15, -0.1) is 6.58 Å². The second-order valence-electron chi connectivity index (χ2n) is 5.36. The van der Waals surface area contributed by atoms with Gasteiger partial charge in [-0.3, -0.25) is 0 Å². The van der Waals surface area contributed by atoms with Crippen LogP contribution in [0.15, 0.2) is 43.0 Å². The van der Waals surface area contributed by atoms with Gasteiger partial charge in [0.25, 0.3) is 0 Å². The van der Waals surface area contributed by atoms with Crippen molar-refractivity contribution >= 4 is 0 Å². The molecule has 1 fully saturated rings. The molecule has 0 radical (unpaired) electrons. The number of hydrogen-bond donors (Lipinski definition) is 1. The molecule has 0 saturated carbocycles. The van der Waals surface area contributed by atoms with Gasteiger partial charge >= 0.3 is 0 Å². The van der Waals surface area contributed by atoms with Gasteiger partial charge in [-0.25, -0.2) is 0 Å². The van der Waals surface area contributed by atoms with E-state index in [-0.39, 0.29) is 12.1 Å². The molecule has 1 aromatic rings. The molecule has 104 valence electrons. The lowest BCUT2D eigenvalue weighted by Gasteiger charge is -2.24. The van der Waals surface area contributed by atoms with Gasteiger partial charge in [0.1, 0.15) is 0 Å². The van der Waals surface area contributed by atoms with Crippen molar-refractivity contribution in [2.45, 2.75) is 44.7 Å². The largest absolute Gasteiger partial charge is 0.348 e. The third-order valence-corrected chi connectivity index (χ3v) is 3.31. The van der Waals surface area contributed by atoms with Crippen LogP contribution in [0.5, 0.6) is 0 Å². The summed E-state index contributed by atoms with van der Waals surface area (Å²) in [5, 5.41) is 3.54. The summed E-state index contributed by atoms with van der Waals surface area (Å²) in [6.07, 6.45) is 2.88. The molecule has 3 nitrogen and oxygen atoms in total. The molecule has 1 N–H and O–H groups in total. The molecule has 1 heterocycles. The van der Waals surface area contributed by atoms with E-state index in [4.69, 9.17) is 9.47 Å². The van der Waals surface area contributed by atoms with Gasteiger partial charge in [0.15, 0.2) is 5.79 Å². The van der Waals surface area contributed by atoms with Gasteiger partial charge in [-0.05, 0) is 25.8 Å². The lowest BCUT2D eigenvalue weighted by molar-refractivity contribution is -0.141. The number of hydrogen-bond acceptors (Lipinski definition) is 3. The number of nitrogens with one attached hydrogen (secondary N) is 1. The Morgan fingerprint density at radius 3 is 2.74 bits per heavy atom. The summed E-state index contributed by atoms with van der Waals surface area (Å²) in [7, 11) is 0. The molecule has 2 rings (SSSR count). The van der Waals surface area contributed by atoms with Crippen molar-refractivity contribution in [1.29, 1.82) is 0 Å². The van der Waals surface area contributed by atoms with Crippen LogP contribution in [0.1, 0.15) is 25.8 Å². The van der Waals surface area contributed by atoms with E-state index in [1.54, 1.807) is 0 Å². The third kappa shape index (κ3) is 4.16. The summed E-state index contributed by atoms with van der Waals surface area (Å²) in [5.41, 5.74) is 1.27. The fraction of sp³-hybridized carbons (Fsp3) is 0.500. The number of rotatable bonds is 6. The molecule has 2 atom stereocenters. The van der Waals surface area contributed by atoms with E-state index in [2.05, 4.69) is 36.2 Å². The van der Waals surface area contributed by atoms with Crippen molar-refractivity contribution in [1.82, 2.24) is 5.32 Å². The normalized spacial score (nSPS) is 23.2. The first kappa shape index (κ1) is 14.3. The van der Waals surface area contributed by atoms with Crippen molar-refractivity contribution < 1.29 is 9.47 Å². The Morgan fingerprint density at radius 2 is 2.16 bits per heavy atom. The van der Waals surface area contributed by atoms with Crippen LogP contribution in [0.25, 0.3) is 0 Å². The Hall–Kier alpha value is -1.16. The van der Waals surface area contributed by atoms with Crippen LogP contribution in [-0.4, -0.2) is 24.5 Å². The maximum Gasteiger partial charge on any atom is 0.163 e. The minimum atomic E-state index is -0.474. The Kier molecular flexibility index (Phi) is 4.75. The topological polar surface area (TPSA) is 30.5 Å². The molecule has 1 aromatic carbocycles. The van der Waals surface area contributed by atoms with Gasteiger partial charge < -0.3 is 14.8 Å². The highest BCUT2D eigenvalue weighted by Crippen LogP contribution is 2.25. The smallest absolute Gasteiger partial charge is 0.163 e. The summed E-state index contributed by atoms with van der Waals surface area (Å²) in [4.78, 5) is 0. The third-order valence-electron chi connectivity index (χ3n) is 3.31. The van der Waals surface area contributed by atoms with Crippen molar-refractivity contribution in [2.75, 3.05) is 6.61 Å². The summed E-state index contributed by atoms with van der Waals surface area (Å²) in [5.74, 6) is -0.474. The molecule has 0 aliphatic carbocycles. The second kappa shape index (κ2) is 6.33. The monoisotopic (exact) mass is 261 g/mol. The second-order valence-corrected chi connectivity index (χ2v) is 5.36. The molecule has 1 unspecified atom stereocenters. The molecule has 1 aliphatic rings. The highest BCUT2D eigenvalue weighted by atomic mass is 16.7. The first-order chi connectivity index (χ1) is 9.11. The van der Waals surface area contributed by atoms with E-state index < -0.39 is 5.79 Å². The molecule has 0 bridgehead atoms. The molecular formula is C16H23NO2. The SMILES string of the molecule is C=CCC(NCc1ccccc1)[C@H]1COC(C)(C)O1. The minimum absolute atomic E-state index is 0.0803. The zero-order chi connectivity index (χ0) is 13.7. The van der Waals surface area contributed by atoms with Crippen molar-refractivity contribution in [3.05, 3.63) is 48.6 Å². The van der Waals surface area contributed by atoms with E-state index in [1.807, 2.05) is 26.0 Å².